The van der Waals surface area contributed by atoms with Crippen LogP contribution in [0.1, 0.15) is 37.3 Å². The van der Waals surface area contributed by atoms with E-state index < -0.39 is 0 Å². The maximum atomic E-state index is 11.7. The molecule has 0 aliphatic heterocycles. The van der Waals surface area contributed by atoms with Crippen LogP contribution in [0.15, 0.2) is 23.2 Å². The first-order valence-electron chi connectivity index (χ1n) is 9.44. The van der Waals surface area contributed by atoms with Crippen molar-refractivity contribution in [2.75, 3.05) is 33.8 Å². The molecule has 6 heteroatoms. The van der Waals surface area contributed by atoms with E-state index in [1.165, 1.54) is 18.4 Å². The molecule has 0 aromatic heterocycles. The number of hydrogen-bond acceptors (Lipinski definition) is 3. The van der Waals surface area contributed by atoms with Crippen molar-refractivity contribution in [3.63, 3.8) is 0 Å². The van der Waals surface area contributed by atoms with Crippen molar-refractivity contribution in [2.45, 2.75) is 39.7 Å². The number of nitrogens with one attached hydrogen (secondary N) is 2. The van der Waals surface area contributed by atoms with Crippen molar-refractivity contribution in [3.05, 3.63) is 29.3 Å². The molecule has 0 bridgehead atoms. The second kappa shape index (κ2) is 10.0. The van der Waals surface area contributed by atoms with E-state index in [1.807, 2.05) is 6.92 Å². The zero-order valence-corrected chi connectivity index (χ0v) is 16.5. The quantitative estimate of drug-likeness (QED) is 0.524. The molecule has 1 aromatic carbocycles. The average molecular weight is 361 g/mol. The summed E-state index contributed by atoms with van der Waals surface area (Å²) in [6.07, 6.45) is 3.00. The number of carbonyl (C=O) groups excluding carboxylic acids is 1. The van der Waals surface area contributed by atoms with E-state index in [-0.39, 0.29) is 5.91 Å². The van der Waals surface area contributed by atoms with Gasteiger partial charge in [-0.25, -0.2) is 4.99 Å². The number of rotatable bonds is 9. The third-order valence-corrected chi connectivity index (χ3v) is 4.28. The molecule has 1 aliphatic carbocycles. The molecule has 1 saturated carbocycles. The summed E-state index contributed by atoms with van der Waals surface area (Å²) in [5.74, 6) is 2.47. The van der Waals surface area contributed by atoms with Gasteiger partial charge in [0.25, 0.3) is 0 Å². The van der Waals surface area contributed by atoms with Gasteiger partial charge in [-0.1, -0.05) is 12.1 Å². The van der Waals surface area contributed by atoms with Crippen LogP contribution in [0, 0.1) is 12.8 Å². The third-order valence-electron chi connectivity index (χ3n) is 4.28. The maximum absolute atomic E-state index is 11.7. The first-order valence-corrected chi connectivity index (χ1v) is 9.44. The summed E-state index contributed by atoms with van der Waals surface area (Å²) in [5.41, 5.74) is 2.27. The zero-order valence-electron chi connectivity index (χ0n) is 16.5. The molecule has 6 nitrogen and oxygen atoms in total. The number of hydrogen-bond donors (Lipinski definition) is 2. The highest BCUT2D eigenvalue weighted by Crippen LogP contribution is 2.30. The van der Waals surface area contributed by atoms with Crippen molar-refractivity contribution < 1.29 is 9.53 Å². The number of aliphatic imine (C=N–C) groups is 1. The second-order valence-electron chi connectivity index (χ2n) is 7.03. The molecule has 1 aromatic rings. The Morgan fingerprint density at radius 1 is 1.31 bits per heavy atom. The molecule has 0 saturated heterocycles. The lowest BCUT2D eigenvalue weighted by Crippen LogP contribution is -2.39. The highest BCUT2D eigenvalue weighted by atomic mass is 16.5. The van der Waals surface area contributed by atoms with Gasteiger partial charge >= 0.3 is 0 Å². The molecule has 1 aliphatic rings. The van der Waals surface area contributed by atoms with E-state index in [0.717, 1.165) is 30.4 Å². The predicted molar refractivity (Wildman–Crippen MR) is 106 cm³/mol. The lowest BCUT2D eigenvalue weighted by Gasteiger charge is -2.14. The summed E-state index contributed by atoms with van der Waals surface area (Å²) in [6.45, 7) is 6.76. The van der Waals surface area contributed by atoms with Crippen LogP contribution in [0.3, 0.4) is 0 Å². The summed E-state index contributed by atoms with van der Waals surface area (Å²) >= 11 is 0. The Balaban J connectivity index is 1.95. The Morgan fingerprint density at radius 2 is 2.08 bits per heavy atom. The molecule has 0 radical (unpaired) electrons. The molecule has 1 amide bonds. The summed E-state index contributed by atoms with van der Waals surface area (Å²) in [4.78, 5) is 17.9. The van der Waals surface area contributed by atoms with Crippen LogP contribution >= 0.6 is 0 Å². The Kier molecular flexibility index (Phi) is 7.75. The molecule has 2 N–H and O–H groups in total. The fourth-order valence-corrected chi connectivity index (χ4v) is 2.44. The van der Waals surface area contributed by atoms with Gasteiger partial charge in [-0.05, 0) is 44.2 Å². The van der Waals surface area contributed by atoms with Gasteiger partial charge in [-0.2, -0.15) is 0 Å². The monoisotopic (exact) mass is 360 g/mol. The summed E-state index contributed by atoms with van der Waals surface area (Å²) in [6, 6.07) is 6.26. The van der Waals surface area contributed by atoms with Gasteiger partial charge in [0.05, 0.1) is 13.2 Å². The summed E-state index contributed by atoms with van der Waals surface area (Å²) in [7, 11) is 3.53. The minimum absolute atomic E-state index is 0.0997. The van der Waals surface area contributed by atoms with E-state index in [4.69, 9.17) is 4.74 Å². The summed E-state index contributed by atoms with van der Waals surface area (Å²) in [5, 5.41) is 6.44. The average Bonchev–Trinajstić information content (AvgIpc) is 3.43. The minimum atomic E-state index is 0.0997. The molecule has 0 atom stereocenters. The number of aryl methyl sites for hydroxylation is 1. The molecule has 144 valence electrons. The van der Waals surface area contributed by atoms with Crippen molar-refractivity contribution >= 4 is 11.9 Å². The third kappa shape index (κ3) is 6.94. The predicted octanol–water partition coefficient (Wildman–Crippen LogP) is 2.32. The first-order chi connectivity index (χ1) is 12.5. The van der Waals surface area contributed by atoms with E-state index in [9.17, 15) is 4.79 Å². The molecule has 0 unspecified atom stereocenters. The maximum Gasteiger partial charge on any atom is 0.223 e. The number of amides is 1. The Bertz CT molecular complexity index is 624. The van der Waals surface area contributed by atoms with Crippen LogP contribution in [-0.2, 0) is 11.3 Å². The molecular formula is C20H32N4O2. The Hall–Kier alpha value is -2.24. The van der Waals surface area contributed by atoms with Crippen LogP contribution in [0.4, 0.5) is 0 Å². The summed E-state index contributed by atoms with van der Waals surface area (Å²) < 4.78 is 6.01. The van der Waals surface area contributed by atoms with Gasteiger partial charge in [-0.3, -0.25) is 4.79 Å². The normalized spacial score (nSPS) is 14.1. The van der Waals surface area contributed by atoms with E-state index in [1.54, 1.807) is 19.0 Å². The number of carbonyl (C=O) groups is 1. The van der Waals surface area contributed by atoms with Crippen LogP contribution in [-0.4, -0.2) is 50.6 Å². The number of ether oxygens (including phenoxy) is 1. The fourth-order valence-electron chi connectivity index (χ4n) is 2.44. The van der Waals surface area contributed by atoms with Crippen LogP contribution in [0.5, 0.6) is 5.75 Å². The first kappa shape index (κ1) is 20.1. The highest BCUT2D eigenvalue weighted by molar-refractivity contribution is 5.81. The number of benzene rings is 1. The molecule has 2 rings (SSSR count). The van der Waals surface area contributed by atoms with Crippen LogP contribution in [0.25, 0.3) is 0 Å². The zero-order chi connectivity index (χ0) is 18.9. The van der Waals surface area contributed by atoms with Crippen molar-refractivity contribution in [3.8, 4) is 5.75 Å². The number of nitrogens with zero attached hydrogens (tertiary/aromatic N) is 2. The second-order valence-corrected chi connectivity index (χ2v) is 7.03. The van der Waals surface area contributed by atoms with Gasteiger partial charge in [0.1, 0.15) is 5.75 Å². The molecule has 1 fully saturated rings. The molecular weight excluding hydrogens is 328 g/mol. The minimum Gasteiger partial charge on any atom is -0.493 e. The SMILES string of the molecule is CCNC(=NCc1ccc(C)cc1OCC1CC1)NCCC(=O)N(C)C. The smallest absolute Gasteiger partial charge is 0.223 e. The van der Waals surface area contributed by atoms with Crippen LogP contribution in [0.2, 0.25) is 0 Å². The highest BCUT2D eigenvalue weighted by Gasteiger charge is 2.22. The molecule has 26 heavy (non-hydrogen) atoms. The Labute approximate surface area is 157 Å². The van der Waals surface area contributed by atoms with Gasteiger partial charge in [0, 0.05) is 39.2 Å². The largest absolute Gasteiger partial charge is 0.493 e. The molecule has 0 spiro atoms. The van der Waals surface area contributed by atoms with E-state index >= 15 is 0 Å². The number of guanidine groups is 1. The Morgan fingerprint density at radius 3 is 2.73 bits per heavy atom. The van der Waals surface area contributed by atoms with Crippen LogP contribution < -0.4 is 15.4 Å². The van der Waals surface area contributed by atoms with Gasteiger partial charge in [0.2, 0.25) is 5.91 Å². The van der Waals surface area contributed by atoms with E-state index in [0.29, 0.717) is 25.5 Å². The van der Waals surface area contributed by atoms with Gasteiger partial charge in [0.15, 0.2) is 5.96 Å². The van der Waals surface area contributed by atoms with Crippen molar-refractivity contribution in [1.82, 2.24) is 15.5 Å². The van der Waals surface area contributed by atoms with Crippen molar-refractivity contribution in [1.29, 1.82) is 0 Å². The van der Waals surface area contributed by atoms with Gasteiger partial charge in [-0.15, -0.1) is 0 Å². The lowest BCUT2D eigenvalue weighted by molar-refractivity contribution is -0.128. The van der Waals surface area contributed by atoms with E-state index in [2.05, 4.69) is 40.7 Å². The standard InChI is InChI=1S/C20H32N4O2/c1-5-21-20(22-11-10-19(25)24(3)4)23-13-17-9-6-15(2)12-18(17)26-14-16-7-8-16/h6,9,12,16H,5,7-8,10-11,13-14H2,1-4H3,(H2,21,22,23). The lowest BCUT2D eigenvalue weighted by atomic mass is 10.1. The van der Waals surface area contributed by atoms with Crippen molar-refractivity contribution in [2.24, 2.45) is 10.9 Å². The van der Waals surface area contributed by atoms with Gasteiger partial charge < -0.3 is 20.3 Å². The fraction of sp³-hybridized carbons (Fsp3) is 0.600. The molecule has 0 heterocycles. The topological polar surface area (TPSA) is 66.0 Å².